The Morgan fingerprint density at radius 1 is 1.00 bits per heavy atom. The van der Waals surface area contributed by atoms with Crippen LogP contribution < -0.4 is 5.32 Å². The summed E-state index contributed by atoms with van der Waals surface area (Å²) in [5, 5.41) is 7.34. The molecule has 0 aliphatic carbocycles. The summed E-state index contributed by atoms with van der Waals surface area (Å²) in [4.78, 5) is 4.43. The standard InChI is InChI=1S/C19H21N3O/c1-13(2)15-8-10-17(11-9-15)20-12-18-21-19(22-23-18)16-6-4-14(3)5-7-16/h4-11,13,20H,12H2,1-3H3. The van der Waals surface area contributed by atoms with Gasteiger partial charge in [0.1, 0.15) is 0 Å². The third-order valence-corrected chi connectivity index (χ3v) is 3.80. The molecule has 4 nitrogen and oxygen atoms in total. The summed E-state index contributed by atoms with van der Waals surface area (Å²) in [7, 11) is 0. The molecule has 0 atom stereocenters. The van der Waals surface area contributed by atoms with E-state index < -0.39 is 0 Å². The van der Waals surface area contributed by atoms with Gasteiger partial charge in [-0.15, -0.1) is 0 Å². The van der Waals surface area contributed by atoms with Gasteiger partial charge < -0.3 is 9.84 Å². The summed E-state index contributed by atoms with van der Waals surface area (Å²) < 4.78 is 5.31. The first-order valence-electron chi connectivity index (χ1n) is 7.85. The molecule has 1 heterocycles. The van der Waals surface area contributed by atoms with E-state index in [-0.39, 0.29) is 0 Å². The maximum atomic E-state index is 5.31. The van der Waals surface area contributed by atoms with E-state index in [4.69, 9.17) is 4.52 Å². The van der Waals surface area contributed by atoms with Gasteiger partial charge in [0.2, 0.25) is 11.7 Å². The molecule has 2 aromatic carbocycles. The Morgan fingerprint density at radius 2 is 1.70 bits per heavy atom. The van der Waals surface area contributed by atoms with E-state index in [0.717, 1.165) is 11.3 Å². The maximum Gasteiger partial charge on any atom is 0.246 e. The molecule has 3 aromatic rings. The second kappa shape index (κ2) is 6.65. The Morgan fingerprint density at radius 3 is 2.35 bits per heavy atom. The Kier molecular flexibility index (Phi) is 4.42. The van der Waals surface area contributed by atoms with E-state index in [1.165, 1.54) is 11.1 Å². The minimum atomic E-state index is 0.514. The quantitative estimate of drug-likeness (QED) is 0.737. The number of nitrogens with zero attached hydrogens (tertiary/aromatic N) is 2. The second-order valence-electron chi connectivity index (χ2n) is 6.01. The van der Waals surface area contributed by atoms with Crippen LogP contribution >= 0.6 is 0 Å². The van der Waals surface area contributed by atoms with Crippen LogP contribution in [-0.2, 0) is 6.54 Å². The Bertz CT molecular complexity index is 758. The van der Waals surface area contributed by atoms with Crippen molar-refractivity contribution in [2.24, 2.45) is 0 Å². The maximum absolute atomic E-state index is 5.31. The van der Waals surface area contributed by atoms with E-state index in [1.54, 1.807) is 0 Å². The highest BCUT2D eigenvalue weighted by Gasteiger charge is 2.08. The van der Waals surface area contributed by atoms with Gasteiger partial charge in [-0.1, -0.05) is 61.0 Å². The fourth-order valence-electron chi connectivity index (χ4n) is 2.31. The first kappa shape index (κ1) is 15.3. The average molecular weight is 307 g/mol. The van der Waals surface area contributed by atoms with Crippen LogP contribution in [0.3, 0.4) is 0 Å². The van der Waals surface area contributed by atoms with Gasteiger partial charge in [-0.2, -0.15) is 4.98 Å². The lowest BCUT2D eigenvalue weighted by Crippen LogP contribution is -2.00. The third-order valence-electron chi connectivity index (χ3n) is 3.80. The summed E-state index contributed by atoms with van der Waals surface area (Å²) in [6.07, 6.45) is 0. The van der Waals surface area contributed by atoms with Gasteiger partial charge >= 0.3 is 0 Å². The summed E-state index contributed by atoms with van der Waals surface area (Å²) in [5.41, 5.74) is 4.55. The zero-order chi connectivity index (χ0) is 16.2. The fourth-order valence-corrected chi connectivity index (χ4v) is 2.31. The molecule has 0 saturated carbocycles. The van der Waals surface area contributed by atoms with E-state index in [2.05, 4.69) is 60.5 Å². The molecule has 0 fully saturated rings. The van der Waals surface area contributed by atoms with Gasteiger partial charge in [-0.05, 0) is 30.5 Å². The van der Waals surface area contributed by atoms with Crippen molar-refractivity contribution >= 4 is 5.69 Å². The zero-order valence-corrected chi connectivity index (χ0v) is 13.7. The van der Waals surface area contributed by atoms with Crippen LogP contribution in [0.15, 0.2) is 53.1 Å². The summed E-state index contributed by atoms with van der Waals surface area (Å²) in [5.74, 6) is 1.74. The molecule has 0 bridgehead atoms. The van der Waals surface area contributed by atoms with Gasteiger partial charge in [0.15, 0.2) is 0 Å². The predicted octanol–water partition coefficient (Wildman–Crippen LogP) is 4.78. The van der Waals surface area contributed by atoms with Crippen molar-refractivity contribution in [2.75, 3.05) is 5.32 Å². The smallest absolute Gasteiger partial charge is 0.246 e. The number of aromatic nitrogens is 2. The largest absolute Gasteiger partial charge is 0.376 e. The van der Waals surface area contributed by atoms with Gasteiger partial charge in [0.05, 0.1) is 6.54 Å². The van der Waals surface area contributed by atoms with Gasteiger partial charge in [0, 0.05) is 11.3 Å². The molecule has 23 heavy (non-hydrogen) atoms. The molecular formula is C19H21N3O. The van der Waals surface area contributed by atoms with Crippen LogP contribution in [0.4, 0.5) is 5.69 Å². The lowest BCUT2D eigenvalue weighted by atomic mass is 10.0. The highest BCUT2D eigenvalue weighted by Crippen LogP contribution is 2.19. The molecule has 1 aromatic heterocycles. The van der Waals surface area contributed by atoms with Crippen LogP contribution in [-0.4, -0.2) is 10.1 Å². The minimum Gasteiger partial charge on any atom is -0.376 e. The van der Waals surface area contributed by atoms with E-state index >= 15 is 0 Å². The highest BCUT2D eigenvalue weighted by molar-refractivity contribution is 5.54. The second-order valence-corrected chi connectivity index (χ2v) is 6.01. The number of rotatable bonds is 5. The number of benzene rings is 2. The molecule has 4 heteroatoms. The molecule has 0 aliphatic rings. The number of nitrogens with one attached hydrogen (secondary N) is 1. The lowest BCUT2D eigenvalue weighted by molar-refractivity contribution is 0.384. The van der Waals surface area contributed by atoms with Gasteiger partial charge in [-0.3, -0.25) is 0 Å². The Balaban J connectivity index is 1.64. The van der Waals surface area contributed by atoms with Crippen LogP contribution in [0.25, 0.3) is 11.4 Å². The van der Waals surface area contributed by atoms with Crippen LogP contribution in [0, 0.1) is 6.92 Å². The lowest BCUT2D eigenvalue weighted by Gasteiger charge is -2.07. The van der Waals surface area contributed by atoms with E-state index in [0.29, 0.717) is 24.2 Å². The minimum absolute atomic E-state index is 0.514. The molecule has 0 radical (unpaired) electrons. The van der Waals surface area contributed by atoms with Gasteiger partial charge in [0.25, 0.3) is 0 Å². The molecule has 1 N–H and O–H groups in total. The average Bonchev–Trinajstić information content (AvgIpc) is 3.03. The van der Waals surface area contributed by atoms with E-state index in [9.17, 15) is 0 Å². The van der Waals surface area contributed by atoms with Crippen molar-refractivity contribution in [2.45, 2.75) is 33.2 Å². The molecule has 0 spiro atoms. The molecule has 0 saturated heterocycles. The molecular weight excluding hydrogens is 286 g/mol. The SMILES string of the molecule is Cc1ccc(-c2noc(CNc3ccc(C(C)C)cc3)n2)cc1. The first-order chi connectivity index (χ1) is 11.1. The molecule has 0 unspecified atom stereocenters. The fraction of sp³-hybridized carbons (Fsp3) is 0.263. The van der Waals surface area contributed by atoms with Crippen LogP contribution in [0.1, 0.15) is 36.8 Å². The summed E-state index contributed by atoms with van der Waals surface area (Å²) in [6, 6.07) is 16.5. The number of hydrogen-bond acceptors (Lipinski definition) is 4. The third kappa shape index (κ3) is 3.77. The number of hydrogen-bond donors (Lipinski definition) is 1. The number of aryl methyl sites for hydroxylation is 1. The topological polar surface area (TPSA) is 51.0 Å². The summed E-state index contributed by atoms with van der Waals surface area (Å²) in [6.45, 7) is 6.95. The van der Waals surface area contributed by atoms with Crippen molar-refractivity contribution in [3.8, 4) is 11.4 Å². The van der Waals surface area contributed by atoms with Gasteiger partial charge in [-0.25, -0.2) is 0 Å². The molecule has 0 amide bonds. The summed E-state index contributed by atoms with van der Waals surface area (Å²) >= 11 is 0. The normalized spacial score (nSPS) is 11.0. The first-order valence-corrected chi connectivity index (χ1v) is 7.85. The zero-order valence-electron chi connectivity index (χ0n) is 13.7. The molecule has 0 aliphatic heterocycles. The Hall–Kier alpha value is -2.62. The van der Waals surface area contributed by atoms with Crippen molar-refractivity contribution in [3.05, 3.63) is 65.5 Å². The van der Waals surface area contributed by atoms with E-state index in [1.807, 2.05) is 24.3 Å². The molecule has 3 rings (SSSR count). The Labute approximate surface area is 136 Å². The predicted molar refractivity (Wildman–Crippen MR) is 92.3 cm³/mol. The molecule has 118 valence electrons. The van der Waals surface area contributed by atoms with Crippen molar-refractivity contribution in [1.29, 1.82) is 0 Å². The van der Waals surface area contributed by atoms with Crippen molar-refractivity contribution in [1.82, 2.24) is 10.1 Å². The van der Waals surface area contributed by atoms with Crippen molar-refractivity contribution in [3.63, 3.8) is 0 Å². The highest BCUT2D eigenvalue weighted by atomic mass is 16.5. The monoisotopic (exact) mass is 307 g/mol. The van der Waals surface area contributed by atoms with Crippen LogP contribution in [0.2, 0.25) is 0 Å². The number of anilines is 1. The van der Waals surface area contributed by atoms with Crippen molar-refractivity contribution < 1.29 is 4.52 Å². The van der Waals surface area contributed by atoms with Crippen LogP contribution in [0.5, 0.6) is 0 Å².